The fourth-order valence-corrected chi connectivity index (χ4v) is 1.61. The summed E-state index contributed by atoms with van der Waals surface area (Å²) < 4.78 is 0. The van der Waals surface area contributed by atoms with Crippen LogP contribution in [0.4, 0.5) is 0 Å². The maximum Gasteiger partial charge on any atom is 0.307 e. The highest BCUT2D eigenvalue weighted by atomic mass is 35.5. The van der Waals surface area contributed by atoms with E-state index in [1.807, 2.05) is 0 Å². The average molecular weight is 208 g/mol. The number of hydrogen-bond acceptors (Lipinski definition) is 2. The summed E-state index contributed by atoms with van der Waals surface area (Å²) in [6.45, 7) is 4.65. The van der Waals surface area contributed by atoms with Crippen molar-refractivity contribution in [3.63, 3.8) is 0 Å². The molecular weight excluding hydrogens is 190 g/mol. The number of halogens is 1. The SMILES string of the molecule is CC(CN1CCCCC1)C(=O)O.Cl. The lowest BCUT2D eigenvalue weighted by Gasteiger charge is -2.27. The van der Waals surface area contributed by atoms with Crippen LogP contribution in [0.1, 0.15) is 26.2 Å². The summed E-state index contributed by atoms with van der Waals surface area (Å²) >= 11 is 0. The first-order valence-electron chi connectivity index (χ1n) is 4.65. The zero-order valence-corrected chi connectivity index (χ0v) is 8.85. The van der Waals surface area contributed by atoms with Gasteiger partial charge in [0.25, 0.3) is 0 Å². The minimum Gasteiger partial charge on any atom is -0.481 e. The number of nitrogens with zero attached hydrogens (tertiary/aromatic N) is 1. The topological polar surface area (TPSA) is 40.5 Å². The van der Waals surface area contributed by atoms with E-state index in [1.165, 1.54) is 19.3 Å². The second-order valence-corrected chi connectivity index (χ2v) is 3.60. The van der Waals surface area contributed by atoms with Crippen LogP contribution in [0.3, 0.4) is 0 Å². The Hall–Kier alpha value is -0.280. The Balaban J connectivity index is 0.00000144. The van der Waals surface area contributed by atoms with E-state index in [0.29, 0.717) is 0 Å². The van der Waals surface area contributed by atoms with Crippen LogP contribution in [-0.2, 0) is 4.79 Å². The molecule has 1 aliphatic heterocycles. The van der Waals surface area contributed by atoms with Crippen LogP contribution in [0.5, 0.6) is 0 Å². The minimum absolute atomic E-state index is 0. The van der Waals surface area contributed by atoms with E-state index in [2.05, 4.69) is 4.90 Å². The van der Waals surface area contributed by atoms with Gasteiger partial charge in [0, 0.05) is 6.54 Å². The van der Waals surface area contributed by atoms with Gasteiger partial charge in [-0.25, -0.2) is 0 Å². The molecule has 0 aliphatic carbocycles. The molecule has 0 radical (unpaired) electrons. The van der Waals surface area contributed by atoms with Gasteiger partial charge in [-0.1, -0.05) is 13.3 Å². The van der Waals surface area contributed by atoms with Gasteiger partial charge in [0.05, 0.1) is 5.92 Å². The molecule has 0 amide bonds. The van der Waals surface area contributed by atoms with Crippen molar-refractivity contribution >= 4 is 18.4 Å². The van der Waals surface area contributed by atoms with Gasteiger partial charge >= 0.3 is 5.97 Å². The molecule has 1 atom stereocenters. The number of piperidine rings is 1. The van der Waals surface area contributed by atoms with Gasteiger partial charge in [0.15, 0.2) is 0 Å². The second kappa shape index (κ2) is 6.22. The molecule has 1 fully saturated rings. The van der Waals surface area contributed by atoms with Gasteiger partial charge in [-0.3, -0.25) is 4.79 Å². The molecule has 1 rings (SSSR count). The second-order valence-electron chi connectivity index (χ2n) is 3.60. The van der Waals surface area contributed by atoms with Crippen molar-refractivity contribution < 1.29 is 9.90 Å². The van der Waals surface area contributed by atoms with Crippen molar-refractivity contribution in [2.24, 2.45) is 5.92 Å². The van der Waals surface area contributed by atoms with Gasteiger partial charge in [-0.2, -0.15) is 0 Å². The van der Waals surface area contributed by atoms with E-state index in [1.54, 1.807) is 6.92 Å². The lowest BCUT2D eigenvalue weighted by Crippen LogP contribution is -2.35. The van der Waals surface area contributed by atoms with Crippen LogP contribution in [0.2, 0.25) is 0 Å². The molecule has 0 bridgehead atoms. The van der Waals surface area contributed by atoms with E-state index in [4.69, 9.17) is 5.11 Å². The molecule has 78 valence electrons. The molecule has 1 saturated heterocycles. The number of rotatable bonds is 3. The van der Waals surface area contributed by atoms with Crippen LogP contribution in [0.25, 0.3) is 0 Å². The van der Waals surface area contributed by atoms with Gasteiger partial charge in [0.1, 0.15) is 0 Å². The van der Waals surface area contributed by atoms with E-state index in [-0.39, 0.29) is 18.3 Å². The van der Waals surface area contributed by atoms with Crippen molar-refractivity contribution in [2.45, 2.75) is 26.2 Å². The molecule has 1 aliphatic rings. The molecule has 0 aromatic heterocycles. The lowest BCUT2D eigenvalue weighted by molar-refractivity contribution is -0.141. The number of carbonyl (C=O) groups is 1. The molecule has 1 N–H and O–H groups in total. The highest BCUT2D eigenvalue weighted by Gasteiger charge is 2.17. The number of likely N-dealkylation sites (tertiary alicyclic amines) is 1. The third-order valence-electron chi connectivity index (χ3n) is 2.40. The van der Waals surface area contributed by atoms with Crippen molar-refractivity contribution in [3.05, 3.63) is 0 Å². The Labute approximate surface area is 85.5 Å². The van der Waals surface area contributed by atoms with Crippen molar-refractivity contribution in [2.75, 3.05) is 19.6 Å². The normalized spacial score (nSPS) is 20.4. The minimum atomic E-state index is -0.680. The molecule has 3 nitrogen and oxygen atoms in total. The van der Waals surface area contributed by atoms with Crippen LogP contribution < -0.4 is 0 Å². The van der Waals surface area contributed by atoms with E-state index >= 15 is 0 Å². The average Bonchev–Trinajstić information content (AvgIpc) is 2.06. The first-order chi connectivity index (χ1) is 5.70. The summed E-state index contributed by atoms with van der Waals surface area (Å²) in [6, 6.07) is 0. The largest absolute Gasteiger partial charge is 0.481 e. The summed E-state index contributed by atoms with van der Waals surface area (Å²) in [5, 5.41) is 8.69. The monoisotopic (exact) mass is 207 g/mol. The molecule has 0 spiro atoms. The summed E-state index contributed by atoms with van der Waals surface area (Å²) in [5.41, 5.74) is 0. The molecular formula is C9H18ClNO2. The summed E-state index contributed by atoms with van der Waals surface area (Å²) in [7, 11) is 0. The summed E-state index contributed by atoms with van der Waals surface area (Å²) in [5.74, 6) is -0.899. The Morgan fingerprint density at radius 1 is 1.38 bits per heavy atom. The lowest BCUT2D eigenvalue weighted by atomic mass is 10.1. The molecule has 13 heavy (non-hydrogen) atoms. The third-order valence-corrected chi connectivity index (χ3v) is 2.40. The van der Waals surface area contributed by atoms with Gasteiger partial charge in [-0.15, -0.1) is 12.4 Å². The van der Waals surface area contributed by atoms with Crippen molar-refractivity contribution in [1.29, 1.82) is 0 Å². The fourth-order valence-electron chi connectivity index (χ4n) is 1.61. The fraction of sp³-hybridized carbons (Fsp3) is 0.889. The summed E-state index contributed by atoms with van der Waals surface area (Å²) in [4.78, 5) is 12.8. The van der Waals surface area contributed by atoms with E-state index < -0.39 is 5.97 Å². The van der Waals surface area contributed by atoms with Crippen LogP contribution in [0, 0.1) is 5.92 Å². The molecule has 0 saturated carbocycles. The number of hydrogen-bond donors (Lipinski definition) is 1. The highest BCUT2D eigenvalue weighted by molar-refractivity contribution is 5.85. The van der Waals surface area contributed by atoms with Crippen LogP contribution in [-0.4, -0.2) is 35.6 Å². The molecule has 1 heterocycles. The smallest absolute Gasteiger partial charge is 0.307 e. The Morgan fingerprint density at radius 3 is 2.38 bits per heavy atom. The Kier molecular flexibility index (Phi) is 6.08. The molecule has 4 heteroatoms. The summed E-state index contributed by atoms with van der Waals surface area (Å²) in [6.07, 6.45) is 3.76. The highest BCUT2D eigenvalue weighted by Crippen LogP contribution is 2.10. The van der Waals surface area contributed by atoms with Gasteiger partial charge in [0.2, 0.25) is 0 Å². The quantitative estimate of drug-likeness (QED) is 0.765. The zero-order chi connectivity index (χ0) is 8.97. The van der Waals surface area contributed by atoms with Crippen molar-refractivity contribution in [1.82, 2.24) is 4.90 Å². The Morgan fingerprint density at radius 2 is 1.92 bits per heavy atom. The first kappa shape index (κ1) is 12.7. The van der Waals surface area contributed by atoms with Gasteiger partial charge < -0.3 is 10.0 Å². The Bertz CT molecular complexity index is 158. The molecule has 0 aromatic rings. The first-order valence-corrected chi connectivity index (χ1v) is 4.65. The zero-order valence-electron chi connectivity index (χ0n) is 8.03. The maximum atomic E-state index is 10.5. The third kappa shape index (κ3) is 4.48. The van der Waals surface area contributed by atoms with Gasteiger partial charge in [-0.05, 0) is 25.9 Å². The van der Waals surface area contributed by atoms with Crippen LogP contribution in [0.15, 0.2) is 0 Å². The predicted octanol–water partition coefficient (Wildman–Crippen LogP) is 1.61. The predicted molar refractivity (Wildman–Crippen MR) is 54.3 cm³/mol. The van der Waals surface area contributed by atoms with Crippen LogP contribution >= 0.6 is 12.4 Å². The van der Waals surface area contributed by atoms with Crippen molar-refractivity contribution in [3.8, 4) is 0 Å². The number of carboxylic acids is 1. The standard InChI is InChI=1S/C9H17NO2.ClH/c1-8(9(11)12)7-10-5-3-2-4-6-10;/h8H,2-7H2,1H3,(H,11,12);1H. The maximum absolute atomic E-state index is 10.5. The number of carboxylic acid groups (broad SMARTS) is 1. The molecule has 0 aromatic carbocycles. The number of aliphatic carboxylic acids is 1. The van der Waals surface area contributed by atoms with E-state index in [9.17, 15) is 4.79 Å². The van der Waals surface area contributed by atoms with E-state index in [0.717, 1.165) is 19.6 Å². The molecule has 1 unspecified atom stereocenters.